The van der Waals surface area contributed by atoms with Crippen LogP contribution in [0.1, 0.15) is 6.92 Å². The molecule has 0 aromatic heterocycles. The van der Waals surface area contributed by atoms with Gasteiger partial charge in [0.1, 0.15) is 0 Å². The van der Waals surface area contributed by atoms with E-state index in [1.54, 1.807) is 6.92 Å². The van der Waals surface area contributed by atoms with Gasteiger partial charge in [0.15, 0.2) is 0 Å². The minimum Gasteiger partial charge on any atom is -0.287 e. The van der Waals surface area contributed by atoms with Gasteiger partial charge in [-0.3, -0.25) is 4.84 Å². The summed E-state index contributed by atoms with van der Waals surface area (Å²) in [5.41, 5.74) is 0. The molecular weight excluding hydrogens is 130 g/mol. The van der Waals surface area contributed by atoms with Gasteiger partial charge >= 0.3 is 0 Å². The second-order valence-corrected chi connectivity index (χ2v) is 3.00. The van der Waals surface area contributed by atoms with Crippen molar-refractivity contribution in [3.05, 3.63) is 0 Å². The molecular formula is C3H9NO3S. The number of hydrogen-bond acceptors (Lipinski definition) is 3. The summed E-state index contributed by atoms with van der Waals surface area (Å²) in [7, 11) is -3.16. The van der Waals surface area contributed by atoms with Crippen molar-refractivity contribution < 1.29 is 13.3 Å². The van der Waals surface area contributed by atoms with Crippen molar-refractivity contribution in [1.29, 1.82) is 0 Å². The normalized spacial score (nSPS) is 11.8. The first-order valence-corrected chi connectivity index (χ1v) is 4.04. The van der Waals surface area contributed by atoms with Crippen LogP contribution in [0, 0.1) is 0 Å². The van der Waals surface area contributed by atoms with Gasteiger partial charge < -0.3 is 0 Å². The number of hydrogen-bond donors (Lipinski definition) is 1. The zero-order chi connectivity index (χ0) is 6.62. The third-order valence-electron chi connectivity index (χ3n) is 0.355. The van der Waals surface area contributed by atoms with Gasteiger partial charge in [0.25, 0.3) is 0 Å². The molecule has 0 saturated heterocycles. The van der Waals surface area contributed by atoms with E-state index in [0.29, 0.717) is 6.61 Å². The van der Waals surface area contributed by atoms with Gasteiger partial charge in [0.2, 0.25) is 10.0 Å². The Morgan fingerprint density at radius 3 is 2.25 bits per heavy atom. The van der Waals surface area contributed by atoms with Crippen LogP contribution in [0.25, 0.3) is 0 Å². The average molecular weight is 139 g/mol. The second-order valence-electron chi connectivity index (χ2n) is 1.29. The van der Waals surface area contributed by atoms with Gasteiger partial charge in [-0.1, -0.05) is 4.89 Å². The molecule has 8 heavy (non-hydrogen) atoms. The molecule has 1 N–H and O–H groups in total. The Morgan fingerprint density at radius 1 is 1.62 bits per heavy atom. The van der Waals surface area contributed by atoms with Crippen molar-refractivity contribution in [2.75, 3.05) is 12.9 Å². The lowest BCUT2D eigenvalue weighted by Gasteiger charge is -1.96. The predicted molar refractivity (Wildman–Crippen MR) is 29.6 cm³/mol. The predicted octanol–water partition coefficient (Wildman–Crippen LogP) is -0.513. The molecule has 0 aliphatic carbocycles. The molecule has 0 atom stereocenters. The van der Waals surface area contributed by atoms with Gasteiger partial charge in [-0.15, -0.1) is 0 Å². The summed E-state index contributed by atoms with van der Waals surface area (Å²) in [5, 5.41) is 0. The Hall–Kier alpha value is -0.130. The molecule has 0 rings (SSSR count). The molecule has 0 aliphatic heterocycles. The van der Waals surface area contributed by atoms with E-state index in [1.807, 2.05) is 4.89 Å². The van der Waals surface area contributed by atoms with Crippen LogP contribution < -0.4 is 4.89 Å². The van der Waals surface area contributed by atoms with Gasteiger partial charge in [-0.2, -0.15) is 0 Å². The molecule has 0 bridgehead atoms. The summed E-state index contributed by atoms with van der Waals surface area (Å²) in [6.45, 7) is 2.03. The van der Waals surface area contributed by atoms with E-state index >= 15 is 0 Å². The standard InChI is InChI=1S/C3H9NO3S/c1-3-7-4-8(2,5)6/h4H,3H2,1-2H3. The van der Waals surface area contributed by atoms with Crippen LogP contribution in [0.5, 0.6) is 0 Å². The molecule has 0 aromatic rings. The van der Waals surface area contributed by atoms with Crippen LogP contribution in [0.15, 0.2) is 0 Å². The lowest BCUT2D eigenvalue weighted by Crippen LogP contribution is -2.21. The fraction of sp³-hybridized carbons (Fsp3) is 1.00. The van der Waals surface area contributed by atoms with E-state index in [-0.39, 0.29) is 0 Å². The van der Waals surface area contributed by atoms with E-state index in [9.17, 15) is 8.42 Å². The fourth-order valence-electron chi connectivity index (χ4n) is 0.166. The zero-order valence-electron chi connectivity index (χ0n) is 4.84. The Bertz CT molecular complexity index is 139. The first-order chi connectivity index (χ1) is 3.56. The monoisotopic (exact) mass is 139 g/mol. The summed E-state index contributed by atoms with van der Waals surface area (Å²) >= 11 is 0. The number of sulfonamides is 1. The molecule has 0 aromatic carbocycles. The zero-order valence-corrected chi connectivity index (χ0v) is 5.66. The van der Waals surface area contributed by atoms with Gasteiger partial charge in [-0.05, 0) is 6.92 Å². The smallest absolute Gasteiger partial charge is 0.230 e. The van der Waals surface area contributed by atoms with Crippen LogP contribution in [0.3, 0.4) is 0 Å². The van der Waals surface area contributed by atoms with Crippen LogP contribution in [-0.4, -0.2) is 21.3 Å². The lowest BCUT2D eigenvalue weighted by molar-refractivity contribution is 0.106. The van der Waals surface area contributed by atoms with Crippen LogP contribution in [0.2, 0.25) is 0 Å². The molecule has 0 radical (unpaired) electrons. The summed E-state index contributed by atoms with van der Waals surface area (Å²) in [6, 6.07) is 0. The van der Waals surface area contributed by atoms with Crippen LogP contribution >= 0.6 is 0 Å². The first-order valence-electron chi connectivity index (χ1n) is 2.15. The molecule has 5 heteroatoms. The van der Waals surface area contributed by atoms with Crippen molar-refractivity contribution in [3.8, 4) is 0 Å². The summed E-state index contributed by atoms with van der Waals surface area (Å²) in [4.78, 5) is 6.20. The molecule has 0 spiro atoms. The molecule has 0 fully saturated rings. The van der Waals surface area contributed by atoms with Crippen molar-refractivity contribution in [2.45, 2.75) is 6.92 Å². The lowest BCUT2D eigenvalue weighted by atomic mass is 10.9. The third-order valence-corrected chi connectivity index (χ3v) is 0.775. The second kappa shape index (κ2) is 3.01. The van der Waals surface area contributed by atoms with Crippen molar-refractivity contribution in [3.63, 3.8) is 0 Å². The largest absolute Gasteiger partial charge is 0.287 e. The Labute approximate surface area is 48.8 Å². The van der Waals surface area contributed by atoms with Crippen molar-refractivity contribution in [2.24, 2.45) is 0 Å². The molecule has 0 aliphatic rings. The van der Waals surface area contributed by atoms with E-state index in [0.717, 1.165) is 6.26 Å². The van der Waals surface area contributed by atoms with Crippen LogP contribution in [0.4, 0.5) is 0 Å². The van der Waals surface area contributed by atoms with Crippen LogP contribution in [-0.2, 0) is 14.9 Å². The molecule has 0 amide bonds. The third kappa shape index (κ3) is 5.87. The molecule has 0 unspecified atom stereocenters. The Balaban J connectivity index is 3.42. The van der Waals surface area contributed by atoms with E-state index < -0.39 is 10.0 Å². The highest BCUT2D eigenvalue weighted by molar-refractivity contribution is 7.88. The molecule has 4 nitrogen and oxygen atoms in total. The van der Waals surface area contributed by atoms with E-state index in [4.69, 9.17) is 0 Å². The van der Waals surface area contributed by atoms with Gasteiger partial charge in [-0.25, -0.2) is 8.42 Å². The fourth-order valence-corrected chi connectivity index (χ4v) is 0.498. The topological polar surface area (TPSA) is 55.4 Å². The highest BCUT2D eigenvalue weighted by atomic mass is 32.2. The first kappa shape index (κ1) is 7.87. The van der Waals surface area contributed by atoms with Gasteiger partial charge in [0.05, 0.1) is 12.9 Å². The van der Waals surface area contributed by atoms with Crippen molar-refractivity contribution in [1.82, 2.24) is 4.89 Å². The van der Waals surface area contributed by atoms with E-state index in [1.165, 1.54) is 0 Å². The van der Waals surface area contributed by atoms with Crippen molar-refractivity contribution >= 4 is 10.0 Å². The Kier molecular flexibility index (Phi) is 2.96. The molecule has 0 heterocycles. The maximum absolute atomic E-state index is 10.2. The summed E-state index contributed by atoms with van der Waals surface area (Å²) in [5.74, 6) is 0. The minimum absolute atomic E-state index is 0.340. The highest BCUT2D eigenvalue weighted by Gasteiger charge is 1.95. The maximum Gasteiger partial charge on any atom is 0.230 e. The molecule has 50 valence electrons. The SMILES string of the molecule is CCONS(C)(=O)=O. The van der Waals surface area contributed by atoms with Gasteiger partial charge in [0, 0.05) is 0 Å². The summed E-state index contributed by atoms with van der Waals surface area (Å²) < 4.78 is 20.3. The quantitative estimate of drug-likeness (QED) is 0.536. The highest BCUT2D eigenvalue weighted by Crippen LogP contribution is 1.72. The van der Waals surface area contributed by atoms with E-state index in [2.05, 4.69) is 4.84 Å². The maximum atomic E-state index is 10.2. The number of nitrogens with one attached hydrogen (secondary N) is 1. The summed E-state index contributed by atoms with van der Waals surface area (Å²) in [6.07, 6.45) is 1.03. The minimum atomic E-state index is -3.16. The Morgan fingerprint density at radius 2 is 2.12 bits per heavy atom. The average Bonchev–Trinajstić information content (AvgIpc) is 1.59. The molecule has 0 saturated carbocycles. The number of rotatable bonds is 3.